The van der Waals surface area contributed by atoms with Crippen LogP contribution in [0.4, 0.5) is 0 Å². The van der Waals surface area contributed by atoms with Crippen LogP contribution in [0.3, 0.4) is 0 Å². The Morgan fingerprint density at radius 1 is 1.26 bits per heavy atom. The number of carbonyl (C=O) groups excluding carboxylic acids is 1. The SMILES string of the molecule is CN1C[C@H](NC(=O)CCc2cncn2C)[C@@H](c2ccccc2)C1. The zero-order valence-electron chi connectivity index (χ0n) is 13.8. The van der Waals surface area contributed by atoms with Crippen LogP contribution in [0.25, 0.3) is 0 Å². The van der Waals surface area contributed by atoms with E-state index in [1.807, 2.05) is 23.9 Å². The molecule has 1 saturated heterocycles. The summed E-state index contributed by atoms with van der Waals surface area (Å²) in [6.45, 7) is 1.88. The van der Waals surface area contributed by atoms with E-state index in [0.29, 0.717) is 12.3 Å². The third-order valence-corrected chi connectivity index (χ3v) is 4.60. The van der Waals surface area contributed by atoms with Gasteiger partial charge in [0, 0.05) is 50.4 Å². The van der Waals surface area contributed by atoms with Gasteiger partial charge in [-0.25, -0.2) is 4.98 Å². The van der Waals surface area contributed by atoms with E-state index in [2.05, 4.69) is 46.5 Å². The van der Waals surface area contributed by atoms with Crippen molar-refractivity contribution < 1.29 is 4.79 Å². The van der Waals surface area contributed by atoms with Gasteiger partial charge in [0.25, 0.3) is 0 Å². The summed E-state index contributed by atoms with van der Waals surface area (Å²) in [5.74, 6) is 0.481. The molecule has 1 amide bonds. The first-order valence-electron chi connectivity index (χ1n) is 8.11. The molecular weight excluding hydrogens is 288 g/mol. The molecule has 0 bridgehead atoms. The molecule has 1 aromatic heterocycles. The van der Waals surface area contributed by atoms with Gasteiger partial charge in [-0.3, -0.25) is 4.79 Å². The number of imidazole rings is 1. The van der Waals surface area contributed by atoms with Crippen molar-refractivity contribution in [2.75, 3.05) is 20.1 Å². The summed E-state index contributed by atoms with van der Waals surface area (Å²) in [6, 6.07) is 10.6. The summed E-state index contributed by atoms with van der Waals surface area (Å²) in [4.78, 5) is 18.7. The number of amides is 1. The van der Waals surface area contributed by atoms with Crippen LogP contribution in [0.5, 0.6) is 0 Å². The second kappa shape index (κ2) is 6.96. The maximum absolute atomic E-state index is 12.3. The highest BCUT2D eigenvalue weighted by Gasteiger charge is 2.32. The van der Waals surface area contributed by atoms with Crippen molar-refractivity contribution in [1.82, 2.24) is 19.8 Å². The number of benzene rings is 1. The maximum atomic E-state index is 12.3. The highest BCUT2D eigenvalue weighted by Crippen LogP contribution is 2.26. The number of aryl methyl sites for hydroxylation is 2. The number of nitrogens with zero attached hydrogens (tertiary/aromatic N) is 3. The lowest BCUT2D eigenvalue weighted by Gasteiger charge is -2.20. The van der Waals surface area contributed by atoms with Crippen LogP contribution in [0.2, 0.25) is 0 Å². The minimum Gasteiger partial charge on any atom is -0.351 e. The van der Waals surface area contributed by atoms with Crippen molar-refractivity contribution >= 4 is 5.91 Å². The van der Waals surface area contributed by atoms with E-state index < -0.39 is 0 Å². The first-order valence-corrected chi connectivity index (χ1v) is 8.11. The lowest BCUT2D eigenvalue weighted by Crippen LogP contribution is -2.39. The zero-order chi connectivity index (χ0) is 16.2. The Bertz CT molecular complexity index is 652. The van der Waals surface area contributed by atoms with Crippen molar-refractivity contribution in [1.29, 1.82) is 0 Å². The summed E-state index contributed by atoms with van der Waals surface area (Å²) in [5.41, 5.74) is 2.39. The van der Waals surface area contributed by atoms with E-state index >= 15 is 0 Å². The van der Waals surface area contributed by atoms with Crippen LogP contribution >= 0.6 is 0 Å². The average molecular weight is 312 g/mol. The molecule has 23 heavy (non-hydrogen) atoms. The summed E-state index contributed by atoms with van der Waals surface area (Å²) in [7, 11) is 4.06. The predicted molar refractivity (Wildman–Crippen MR) is 90.1 cm³/mol. The fraction of sp³-hybridized carbons (Fsp3) is 0.444. The van der Waals surface area contributed by atoms with Crippen LogP contribution < -0.4 is 5.32 Å². The third kappa shape index (κ3) is 3.79. The summed E-state index contributed by atoms with van der Waals surface area (Å²) >= 11 is 0. The van der Waals surface area contributed by atoms with Crippen LogP contribution in [-0.2, 0) is 18.3 Å². The molecule has 1 aliphatic rings. The number of likely N-dealkylation sites (tertiary alicyclic amines) is 1. The minimum absolute atomic E-state index is 0.118. The van der Waals surface area contributed by atoms with Crippen LogP contribution in [0, 0.1) is 0 Å². The van der Waals surface area contributed by atoms with E-state index in [4.69, 9.17) is 0 Å². The Kier molecular flexibility index (Phi) is 4.76. The number of hydrogen-bond acceptors (Lipinski definition) is 3. The minimum atomic E-state index is 0.118. The highest BCUT2D eigenvalue weighted by atomic mass is 16.1. The molecule has 1 aliphatic heterocycles. The van der Waals surface area contributed by atoms with E-state index in [0.717, 1.165) is 25.2 Å². The van der Waals surface area contributed by atoms with Gasteiger partial charge in [-0.1, -0.05) is 30.3 Å². The Morgan fingerprint density at radius 3 is 2.74 bits per heavy atom. The normalized spacial score (nSPS) is 21.5. The molecule has 1 aromatic carbocycles. The molecule has 0 saturated carbocycles. The number of aromatic nitrogens is 2. The van der Waals surface area contributed by atoms with Crippen molar-refractivity contribution in [3.63, 3.8) is 0 Å². The van der Waals surface area contributed by atoms with Gasteiger partial charge < -0.3 is 14.8 Å². The molecule has 5 heteroatoms. The number of rotatable bonds is 5. The standard InChI is InChI=1S/C18H24N4O/c1-21-11-16(14-6-4-3-5-7-14)17(12-21)20-18(23)9-8-15-10-19-13-22(15)2/h3-7,10,13,16-17H,8-9,11-12H2,1-2H3,(H,20,23)/t16-,17+/m1/s1. The van der Waals surface area contributed by atoms with E-state index in [9.17, 15) is 4.79 Å². The molecule has 1 fully saturated rings. The van der Waals surface area contributed by atoms with E-state index in [-0.39, 0.29) is 11.9 Å². The lowest BCUT2D eigenvalue weighted by molar-refractivity contribution is -0.121. The molecule has 2 aromatic rings. The van der Waals surface area contributed by atoms with Gasteiger partial charge in [0.05, 0.1) is 6.33 Å². The Labute approximate surface area is 137 Å². The van der Waals surface area contributed by atoms with E-state index in [1.165, 1.54) is 5.56 Å². The summed E-state index contributed by atoms with van der Waals surface area (Å²) in [5, 5.41) is 3.23. The topological polar surface area (TPSA) is 50.2 Å². The largest absolute Gasteiger partial charge is 0.351 e. The van der Waals surface area contributed by atoms with Crippen LogP contribution in [-0.4, -0.2) is 46.5 Å². The van der Waals surface area contributed by atoms with Crippen LogP contribution in [0.1, 0.15) is 23.6 Å². The molecule has 3 rings (SSSR count). The maximum Gasteiger partial charge on any atom is 0.220 e. The third-order valence-electron chi connectivity index (χ3n) is 4.60. The molecule has 1 N–H and O–H groups in total. The van der Waals surface area contributed by atoms with Crippen molar-refractivity contribution in [3.05, 3.63) is 54.1 Å². The second-order valence-corrected chi connectivity index (χ2v) is 6.41. The summed E-state index contributed by atoms with van der Waals surface area (Å²) in [6.07, 6.45) is 4.82. The van der Waals surface area contributed by atoms with Gasteiger partial charge in [-0.15, -0.1) is 0 Å². The van der Waals surface area contributed by atoms with Gasteiger partial charge in [0.15, 0.2) is 0 Å². The molecule has 5 nitrogen and oxygen atoms in total. The smallest absolute Gasteiger partial charge is 0.220 e. The van der Waals surface area contributed by atoms with E-state index in [1.54, 1.807) is 6.33 Å². The van der Waals surface area contributed by atoms with Gasteiger partial charge in [0.1, 0.15) is 0 Å². The lowest BCUT2D eigenvalue weighted by atomic mass is 9.94. The number of hydrogen-bond donors (Lipinski definition) is 1. The molecular formula is C18H24N4O. The first-order chi connectivity index (χ1) is 11.1. The average Bonchev–Trinajstić information content (AvgIpc) is 3.12. The van der Waals surface area contributed by atoms with Gasteiger partial charge in [0.2, 0.25) is 5.91 Å². The van der Waals surface area contributed by atoms with Crippen molar-refractivity contribution in [2.45, 2.75) is 24.8 Å². The number of nitrogens with one attached hydrogen (secondary N) is 1. The quantitative estimate of drug-likeness (QED) is 0.912. The first kappa shape index (κ1) is 15.7. The molecule has 2 heterocycles. The molecule has 122 valence electrons. The molecule has 2 atom stereocenters. The van der Waals surface area contributed by atoms with Crippen LogP contribution in [0.15, 0.2) is 42.9 Å². The fourth-order valence-corrected chi connectivity index (χ4v) is 3.33. The number of likely N-dealkylation sites (N-methyl/N-ethyl adjacent to an activating group) is 1. The molecule has 0 unspecified atom stereocenters. The molecule has 0 aliphatic carbocycles. The Balaban J connectivity index is 1.59. The monoisotopic (exact) mass is 312 g/mol. The van der Waals surface area contributed by atoms with Gasteiger partial charge >= 0.3 is 0 Å². The van der Waals surface area contributed by atoms with Crippen molar-refractivity contribution in [2.24, 2.45) is 7.05 Å². The molecule has 0 radical (unpaired) electrons. The van der Waals surface area contributed by atoms with Crippen molar-refractivity contribution in [3.8, 4) is 0 Å². The predicted octanol–water partition coefficient (Wildman–Crippen LogP) is 1.57. The Morgan fingerprint density at radius 2 is 2.04 bits per heavy atom. The Hall–Kier alpha value is -2.14. The number of carbonyl (C=O) groups is 1. The fourth-order valence-electron chi connectivity index (χ4n) is 3.33. The molecule has 0 spiro atoms. The van der Waals surface area contributed by atoms with Gasteiger partial charge in [-0.05, 0) is 19.0 Å². The highest BCUT2D eigenvalue weighted by molar-refractivity contribution is 5.76. The second-order valence-electron chi connectivity index (χ2n) is 6.41. The van der Waals surface area contributed by atoms with Gasteiger partial charge in [-0.2, -0.15) is 0 Å². The summed E-state index contributed by atoms with van der Waals surface area (Å²) < 4.78 is 1.96. The zero-order valence-corrected chi connectivity index (χ0v) is 13.8.